The van der Waals surface area contributed by atoms with Crippen molar-refractivity contribution in [3.63, 3.8) is 0 Å². The molecule has 0 heterocycles. The highest BCUT2D eigenvalue weighted by Crippen LogP contribution is 2.37. The van der Waals surface area contributed by atoms with Crippen molar-refractivity contribution in [1.29, 1.82) is 0 Å². The van der Waals surface area contributed by atoms with Crippen LogP contribution in [0.15, 0.2) is 36.4 Å². The maximum absolute atomic E-state index is 6.50. The number of hydrogen-bond acceptors (Lipinski definition) is 4. The Morgan fingerprint density at radius 1 is 0.897 bits per heavy atom. The van der Waals surface area contributed by atoms with Crippen LogP contribution in [0, 0.1) is 6.92 Å². The van der Waals surface area contributed by atoms with Gasteiger partial charge in [0.2, 0.25) is 0 Å². The van der Waals surface area contributed by atoms with Crippen LogP contribution in [0.25, 0.3) is 0 Å². The smallest absolute Gasteiger partial charge is 0.180 e. The summed E-state index contributed by atoms with van der Waals surface area (Å²) in [6.45, 7) is 10.9. The molecule has 0 radical (unpaired) electrons. The van der Waals surface area contributed by atoms with Gasteiger partial charge in [-0.1, -0.05) is 48.4 Å². The molecule has 2 rings (SSSR count). The summed E-state index contributed by atoms with van der Waals surface area (Å²) < 4.78 is 11.8. The van der Waals surface area contributed by atoms with Crippen LogP contribution in [-0.4, -0.2) is 26.2 Å². The van der Waals surface area contributed by atoms with E-state index in [1.165, 1.54) is 5.56 Å². The van der Waals surface area contributed by atoms with Crippen molar-refractivity contribution in [3.8, 4) is 11.5 Å². The standard InChI is InChI=1S/C22H31ClN2O2.2ClH/c1-4-24-11-6-12-25-15-19-13-20(23)22(21(14-19)26-5-2)27-16-18-9-7-17(3)8-10-18;;/h7-10,13-14,24-25H,4-6,11-12,15-16H2,1-3H3;2*1H. The lowest BCUT2D eigenvalue weighted by atomic mass is 10.1. The van der Waals surface area contributed by atoms with Crippen LogP contribution in [0.4, 0.5) is 0 Å². The normalized spacial score (nSPS) is 10.1. The highest BCUT2D eigenvalue weighted by atomic mass is 35.5. The van der Waals surface area contributed by atoms with E-state index in [0.29, 0.717) is 29.7 Å². The predicted molar refractivity (Wildman–Crippen MR) is 127 cm³/mol. The first-order chi connectivity index (χ1) is 13.1. The maximum atomic E-state index is 6.50. The molecule has 29 heavy (non-hydrogen) atoms. The molecule has 0 atom stereocenters. The van der Waals surface area contributed by atoms with Crippen LogP contribution >= 0.6 is 36.4 Å². The maximum Gasteiger partial charge on any atom is 0.180 e. The van der Waals surface area contributed by atoms with Crippen molar-refractivity contribution in [2.45, 2.75) is 40.3 Å². The van der Waals surface area contributed by atoms with Gasteiger partial charge in [-0.15, -0.1) is 24.8 Å². The van der Waals surface area contributed by atoms with E-state index in [1.807, 2.05) is 19.1 Å². The Morgan fingerprint density at radius 3 is 2.24 bits per heavy atom. The zero-order chi connectivity index (χ0) is 19.5. The molecule has 0 saturated heterocycles. The van der Waals surface area contributed by atoms with Gasteiger partial charge in [0.1, 0.15) is 6.61 Å². The van der Waals surface area contributed by atoms with Gasteiger partial charge in [-0.2, -0.15) is 0 Å². The van der Waals surface area contributed by atoms with E-state index in [-0.39, 0.29) is 24.8 Å². The Labute approximate surface area is 192 Å². The molecule has 0 aromatic heterocycles. The highest BCUT2D eigenvalue weighted by Gasteiger charge is 2.13. The van der Waals surface area contributed by atoms with Gasteiger partial charge in [-0.25, -0.2) is 0 Å². The number of nitrogens with one attached hydrogen (secondary N) is 2. The third-order valence-electron chi connectivity index (χ3n) is 4.16. The Bertz CT molecular complexity index is 697. The van der Waals surface area contributed by atoms with Crippen LogP contribution < -0.4 is 20.1 Å². The van der Waals surface area contributed by atoms with Gasteiger partial charge in [0.15, 0.2) is 11.5 Å². The van der Waals surface area contributed by atoms with Crippen molar-refractivity contribution >= 4 is 36.4 Å². The molecule has 0 aliphatic rings. The molecule has 0 fully saturated rings. The van der Waals surface area contributed by atoms with E-state index in [1.54, 1.807) is 0 Å². The van der Waals surface area contributed by atoms with Crippen molar-refractivity contribution in [2.75, 3.05) is 26.2 Å². The fourth-order valence-electron chi connectivity index (χ4n) is 2.71. The summed E-state index contributed by atoms with van der Waals surface area (Å²) >= 11 is 6.50. The molecule has 0 bridgehead atoms. The van der Waals surface area contributed by atoms with Gasteiger partial charge >= 0.3 is 0 Å². The van der Waals surface area contributed by atoms with E-state index in [4.69, 9.17) is 21.1 Å². The second kappa shape index (κ2) is 15.6. The SMILES string of the molecule is CCNCCCNCc1cc(Cl)c(OCc2ccc(C)cc2)c(OCC)c1.Cl.Cl. The Kier molecular flexibility index (Phi) is 15.0. The van der Waals surface area contributed by atoms with Crippen molar-refractivity contribution in [1.82, 2.24) is 10.6 Å². The number of hydrogen-bond donors (Lipinski definition) is 2. The van der Waals surface area contributed by atoms with Crippen LogP contribution in [0.1, 0.15) is 37.0 Å². The molecular weight excluding hydrogens is 431 g/mol. The zero-order valence-electron chi connectivity index (χ0n) is 17.4. The van der Waals surface area contributed by atoms with Gasteiger partial charge < -0.3 is 20.1 Å². The van der Waals surface area contributed by atoms with E-state index in [9.17, 15) is 0 Å². The van der Waals surface area contributed by atoms with Crippen LogP contribution in [0.3, 0.4) is 0 Å². The molecule has 2 N–H and O–H groups in total. The summed E-state index contributed by atoms with van der Waals surface area (Å²) in [5.41, 5.74) is 3.43. The zero-order valence-corrected chi connectivity index (χ0v) is 19.8. The lowest BCUT2D eigenvalue weighted by Gasteiger charge is -2.16. The molecule has 4 nitrogen and oxygen atoms in total. The van der Waals surface area contributed by atoms with E-state index >= 15 is 0 Å². The minimum atomic E-state index is 0. The topological polar surface area (TPSA) is 42.5 Å². The summed E-state index contributed by atoms with van der Waals surface area (Å²) in [7, 11) is 0. The molecule has 164 valence electrons. The minimum Gasteiger partial charge on any atom is -0.490 e. The second-order valence-corrected chi connectivity index (χ2v) is 6.90. The molecule has 0 saturated carbocycles. The fraction of sp³-hybridized carbons (Fsp3) is 0.455. The fourth-order valence-corrected chi connectivity index (χ4v) is 3.00. The molecule has 0 spiro atoms. The molecule has 0 amide bonds. The molecule has 2 aromatic rings. The number of aryl methyl sites for hydroxylation is 1. The number of ether oxygens (including phenoxy) is 2. The van der Waals surface area contributed by atoms with E-state index in [0.717, 1.165) is 43.7 Å². The van der Waals surface area contributed by atoms with Crippen molar-refractivity contribution in [3.05, 3.63) is 58.1 Å². The van der Waals surface area contributed by atoms with E-state index < -0.39 is 0 Å². The van der Waals surface area contributed by atoms with Crippen LogP contribution in [0.2, 0.25) is 5.02 Å². The third kappa shape index (κ3) is 9.92. The van der Waals surface area contributed by atoms with E-state index in [2.05, 4.69) is 48.7 Å². The van der Waals surface area contributed by atoms with Crippen molar-refractivity contribution < 1.29 is 9.47 Å². The molecule has 0 aliphatic carbocycles. The summed E-state index contributed by atoms with van der Waals surface area (Å²) in [6, 6.07) is 12.2. The lowest BCUT2D eigenvalue weighted by molar-refractivity contribution is 0.269. The van der Waals surface area contributed by atoms with Crippen LogP contribution in [-0.2, 0) is 13.2 Å². The first-order valence-corrected chi connectivity index (χ1v) is 10.1. The highest BCUT2D eigenvalue weighted by molar-refractivity contribution is 6.32. The van der Waals surface area contributed by atoms with Gasteiger partial charge in [0, 0.05) is 6.54 Å². The molecule has 7 heteroatoms. The largest absolute Gasteiger partial charge is 0.490 e. The number of halogens is 3. The quantitative estimate of drug-likeness (QED) is 0.404. The summed E-state index contributed by atoms with van der Waals surface area (Å²) in [5, 5.41) is 7.35. The van der Waals surface area contributed by atoms with Gasteiger partial charge in [-0.3, -0.25) is 0 Å². The average Bonchev–Trinajstić information content (AvgIpc) is 2.65. The Balaban J connectivity index is 0.00000392. The second-order valence-electron chi connectivity index (χ2n) is 6.50. The van der Waals surface area contributed by atoms with Gasteiger partial charge in [0.05, 0.1) is 11.6 Å². The third-order valence-corrected chi connectivity index (χ3v) is 4.44. The average molecular weight is 464 g/mol. The van der Waals surface area contributed by atoms with Crippen LogP contribution in [0.5, 0.6) is 11.5 Å². The predicted octanol–water partition coefficient (Wildman–Crippen LogP) is 5.56. The lowest BCUT2D eigenvalue weighted by Crippen LogP contribution is -2.21. The van der Waals surface area contributed by atoms with Crippen molar-refractivity contribution in [2.24, 2.45) is 0 Å². The summed E-state index contributed by atoms with van der Waals surface area (Å²) in [6.07, 6.45) is 1.09. The number of rotatable bonds is 12. The summed E-state index contributed by atoms with van der Waals surface area (Å²) in [5.74, 6) is 1.30. The monoisotopic (exact) mass is 462 g/mol. The Morgan fingerprint density at radius 2 is 1.59 bits per heavy atom. The minimum absolute atomic E-state index is 0. The number of benzene rings is 2. The first-order valence-electron chi connectivity index (χ1n) is 9.69. The molecular formula is C22H33Cl3N2O2. The molecule has 2 aromatic carbocycles. The Hall–Kier alpha value is -1.17. The first kappa shape index (κ1) is 27.8. The van der Waals surface area contributed by atoms with Gasteiger partial charge in [0.25, 0.3) is 0 Å². The summed E-state index contributed by atoms with van der Waals surface area (Å²) in [4.78, 5) is 0. The molecule has 0 aliphatic heterocycles. The molecule has 0 unspecified atom stereocenters. The van der Waals surface area contributed by atoms with Gasteiger partial charge in [-0.05, 0) is 63.2 Å².